The maximum Gasteiger partial charge on any atom is -0.000136 e. The molecule has 2 bridgehead atoms. The van der Waals surface area contributed by atoms with E-state index in [0.717, 1.165) is 5.92 Å². The summed E-state index contributed by atoms with van der Waals surface area (Å²) in [4.78, 5) is 0. The zero-order valence-corrected chi connectivity index (χ0v) is 4.94. The molecule has 36 valence electrons. The van der Waals surface area contributed by atoms with Crippen molar-refractivity contribution in [3.63, 3.8) is 0 Å². The van der Waals surface area contributed by atoms with Gasteiger partial charge in [-0.2, -0.15) is 0 Å². The van der Waals surface area contributed by atoms with Gasteiger partial charge in [0, 0.05) is 0 Å². The average Bonchev–Trinajstić information content (AvgIpc) is 2.22. The molecule has 0 atom stereocenters. The summed E-state index contributed by atoms with van der Waals surface area (Å²) in [7, 11) is 0.270. The van der Waals surface area contributed by atoms with Gasteiger partial charge in [0.15, 0.2) is 0 Å². The van der Waals surface area contributed by atoms with Gasteiger partial charge in [0.2, 0.25) is 0 Å². The predicted molar refractivity (Wildman–Crippen MR) is 33.6 cm³/mol. The summed E-state index contributed by atoms with van der Waals surface area (Å²) < 4.78 is 0. The molecule has 0 unspecified atom stereocenters. The summed E-state index contributed by atoms with van der Waals surface area (Å²) in [6.45, 7) is 0. The van der Waals surface area contributed by atoms with Gasteiger partial charge >= 0.3 is 0 Å². The lowest BCUT2D eigenvalue weighted by Crippen LogP contribution is -1.82. The number of rotatable bonds is 0. The normalized spacial score (nSPS) is 43.4. The number of allylic oxidation sites excluding steroid dienone is 2. The lowest BCUT2D eigenvalue weighted by atomic mass is 10.2. The third kappa shape index (κ3) is 0.467. The predicted octanol–water partition coefficient (Wildman–Crippen LogP) is 2.14. The fraction of sp³-hybridized carbons (Fsp3) is 0.333. The van der Waals surface area contributed by atoms with Crippen molar-refractivity contribution in [2.45, 2.75) is 0 Å². The molecule has 2 heterocycles. The molecule has 0 aromatic rings. The second kappa shape index (κ2) is 1.20. The van der Waals surface area contributed by atoms with Crippen LogP contribution in [0.5, 0.6) is 0 Å². The Kier molecular flexibility index (Phi) is 0.660. The monoisotopic (exact) mass is 110 g/mol. The molecule has 2 aliphatic rings. The Morgan fingerprint density at radius 3 is 2.14 bits per heavy atom. The highest BCUT2D eigenvalue weighted by Crippen LogP contribution is 2.51. The van der Waals surface area contributed by atoms with Crippen LogP contribution in [0.2, 0.25) is 0 Å². The van der Waals surface area contributed by atoms with Crippen molar-refractivity contribution in [2.75, 3.05) is 6.16 Å². The highest BCUT2D eigenvalue weighted by molar-refractivity contribution is 7.64. The molecule has 0 nitrogen and oxygen atoms in total. The average molecular weight is 110 g/mol. The topological polar surface area (TPSA) is 0 Å². The fourth-order valence-corrected chi connectivity index (χ4v) is 3.00. The SMILES string of the molecule is C1=CP2C=CC1C2. The molecule has 0 N–H and O–H groups in total. The van der Waals surface area contributed by atoms with Gasteiger partial charge in [-0.15, -0.1) is 0 Å². The first-order chi connectivity index (χ1) is 3.45. The standard InChI is InChI=1S/C6H7P/c1-3-7-4-2-6(1)5-7/h1-4,6H,5H2. The van der Waals surface area contributed by atoms with Crippen molar-refractivity contribution in [3.05, 3.63) is 23.8 Å². The molecule has 7 heavy (non-hydrogen) atoms. The second-order valence-corrected chi connectivity index (χ2v) is 4.03. The van der Waals surface area contributed by atoms with E-state index >= 15 is 0 Å². The van der Waals surface area contributed by atoms with E-state index in [9.17, 15) is 0 Å². The highest BCUT2D eigenvalue weighted by atomic mass is 31.1. The lowest BCUT2D eigenvalue weighted by Gasteiger charge is -1.89. The van der Waals surface area contributed by atoms with Gasteiger partial charge in [-0.25, -0.2) is 0 Å². The molecule has 0 amide bonds. The Labute approximate surface area is 44.7 Å². The van der Waals surface area contributed by atoms with E-state index in [1.54, 1.807) is 0 Å². The zero-order chi connectivity index (χ0) is 4.69. The molecular formula is C6H7P. The van der Waals surface area contributed by atoms with Gasteiger partial charge in [-0.3, -0.25) is 0 Å². The largest absolute Gasteiger partial charge is 0.0765 e. The molecule has 2 rings (SSSR count). The Morgan fingerprint density at radius 2 is 2.00 bits per heavy atom. The van der Waals surface area contributed by atoms with E-state index in [1.807, 2.05) is 0 Å². The van der Waals surface area contributed by atoms with Crippen LogP contribution < -0.4 is 0 Å². The first-order valence-electron chi connectivity index (χ1n) is 2.57. The van der Waals surface area contributed by atoms with Crippen LogP contribution in [0.4, 0.5) is 0 Å². The smallest absolute Gasteiger partial charge is 0.000136 e. The van der Waals surface area contributed by atoms with E-state index in [1.165, 1.54) is 6.16 Å². The van der Waals surface area contributed by atoms with Gasteiger partial charge in [-0.1, -0.05) is 31.7 Å². The van der Waals surface area contributed by atoms with Crippen molar-refractivity contribution >= 4 is 7.92 Å². The van der Waals surface area contributed by atoms with E-state index < -0.39 is 0 Å². The van der Waals surface area contributed by atoms with Crippen molar-refractivity contribution in [3.8, 4) is 0 Å². The first-order valence-corrected chi connectivity index (χ1v) is 4.24. The van der Waals surface area contributed by atoms with Crippen LogP contribution in [0.1, 0.15) is 0 Å². The Morgan fingerprint density at radius 1 is 1.29 bits per heavy atom. The van der Waals surface area contributed by atoms with E-state index in [0.29, 0.717) is 0 Å². The van der Waals surface area contributed by atoms with Crippen LogP contribution in [0.15, 0.2) is 23.8 Å². The van der Waals surface area contributed by atoms with Crippen molar-refractivity contribution in [1.29, 1.82) is 0 Å². The number of hydrogen-bond acceptors (Lipinski definition) is 0. The van der Waals surface area contributed by atoms with E-state index in [2.05, 4.69) is 23.8 Å². The van der Waals surface area contributed by atoms with Gasteiger partial charge in [-0.05, 0) is 12.1 Å². The summed E-state index contributed by atoms with van der Waals surface area (Å²) in [5, 5.41) is 0. The molecule has 2 aliphatic heterocycles. The van der Waals surface area contributed by atoms with Gasteiger partial charge < -0.3 is 0 Å². The maximum atomic E-state index is 2.36. The summed E-state index contributed by atoms with van der Waals surface area (Å²) in [5.41, 5.74) is 0. The lowest BCUT2D eigenvalue weighted by molar-refractivity contribution is 0.986. The zero-order valence-electron chi connectivity index (χ0n) is 4.04. The molecule has 0 saturated heterocycles. The van der Waals surface area contributed by atoms with Crippen LogP contribution in [0.25, 0.3) is 0 Å². The Bertz CT molecular complexity index is 107. The highest BCUT2D eigenvalue weighted by Gasteiger charge is 2.18. The third-order valence-electron chi connectivity index (χ3n) is 1.47. The van der Waals surface area contributed by atoms with E-state index in [-0.39, 0.29) is 7.92 Å². The second-order valence-electron chi connectivity index (χ2n) is 2.04. The Hall–Kier alpha value is -0.0900. The molecule has 0 spiro atoms. The third-order valence-corrected chi connectivity index (χ3v) is 3.42. The number of hydrogen-bond donors (Lipinski definition) is 0. The first kappa shape index (κ1) is 3.86. The molecule has 0 radical (unpaired) electrons. The van der Waals surface area contributed by atoms with Crippen LogP contribution in [0.3, 0.4) is 0 Å². The summed E-state index contributed by atoms with van der Waals surface area (Å²) in [6, 6.07) is 0. The summed E-state index contributed by atoms with van der Waals surface area (Å²) in [6.07, 6.45) is 6.08. The molecular weight excluding hydrogens is 103 g/mol. The van der Waals surface area contributed by atoms with Crippen LogP contribution in [0, 0.1) is 5.92 Å². The molecule has 0 aromatic heterocycles. The van der Waals surface area contributed by atoms with Gasteiger partial charge in [0.1, 0.15) is 0 Å². The Balaban J connectivity index is 2.38. The molecule has 0 saturated carbocycles. The fourth-order valence-electron chi connectivity index (χ4n) is 1.04. The summed E-state index contributed by atoms with van der Waals surface area (Å²) >= 11 is 0. The molecule has 0 fully saturated rings. The summed E-state index contributed by atoms with van der Waals surface area (Å²) in [5.74, 6) is 5.56. The number of fused-ring (bicyclic) bond motifs is 2. The van der Waals surface area contributed by atoms with Crippen molar-refractivity contribution in [2.24, 2.45) is 5.92 Å². The molecule has 0 aliphatic carbocycles. The van der Waals surface area contributed by atoms with E-state index in [4.69, 9.17) is 0 Å². The van der Waals surface area contributed by atoms with Gasteiger partial charge in [0.05, 0.1) is 0 Å². The van der Waals surface area contributed by atoms with Crippen molar-refractivity contribution in [1.82, 2.24) is 0 Å². The quantitative estimate of drug-likeness (QED) is 0.419. The minimum atomic E-state index is 0.270. The van der Waals surface area contributed by atoms with Crippen LogP contribution >= 0.6 is 7.92 Å². The molecule has 0 aromatic carbocycles. The van der Waals surface area contributed by atoms with Crippen LogP contribution in [-0.4, -0.2) is 6.16 Å². The molecule has 1 heteroatoms. The maximum absolute atomic E-state index is 2.36. The minimum Gasteiger partial charge on any atom is -0.0765 e. The van der Waals surface area contributed by atoms with Crippen LogP contribution in [-0.2, 0) is 0 Å². The van der Waals surface area contributed by atoms with Crippen molar-refractivity contribution < 1.29 is 0 Å². The minimum absolute atomic E-state index is 0.270. The van der Waals surface area contributed by atoms with Gasteiger partial charge in [0.25, 0.3) is 0 Å².